The Morgan fingerprint density at radius 1 is 1.15 bits per heavy atom. The molecule has 1 aliphatic heterocycles. The second-order valence-electron chi connectivity index (χ2n) is 5.56. The van der Waals surface area contributed by atoms with Gasteiger partial charge >= 0.3 is 0 Å². The standard InChI is InChI=1S/C19H17ClN2O4S/c1-25-15-6-7-16(26-2)12(8-15)9-17-18(23)22(19(24)27-17)11-21-14-5-3-4-13(20)10-14/h3-10,21H,11H2,1-2H3/b17-9+. The van der Waals surface area contributed by atoms with Gasteiger partial charge < -0.3 is 14.8 Å². The molecule has 2 amide bonds. The second kappa shape index (κ2) is 8.37. The molecule has 0 aliphatic carbocycles. The van der Waals surface area contributed by atoms with Crippen molar-refractivity contribution in [2.75, 3.05) is 26.2 Å². The number of ether oxygens (including phenoxy) is 2. The molecule has 1 fully saturated rings. The van der Waals surface area contributed by atoms with E-state index >= 15 is 0 Å². The molecule has 1 saturated heterocycles. The summed E-state index contributed by atoms with van der Waals surface area (Å²) in [4.78, 5) is 26.4. The van der Waals surface area contributed by atoms with Crippen molar-refractivity contribution in [3.63, 3.8) is 0 Å². The Morgan fingerprint density at radius 3 is 2.67 bits per heavy atom. The lowest BCUT2D eigenvalue weighted by molar-refractivity contribution is -0.122. The van der Waals surface area contributed by atoms with Gasteiger partial charge in [0.1, 0.15) is 11.5 Å². The molecule has 8 heteroatoms. The van der Waals surface area contributed by atoms with Crippen LogP contribution in [0.1, 0.15) is 5.56 Å². The maximum Gasteiger partial charge on any atom is 0.295 e. The zero-order chi connectivity index (χ0) is 19.4. The Balaban J connectivity index is 1.78. The molecule has 27 heavy (non-hydrogen) atoms. The highest BCUT2D eigenvalue weighted by Gasteiger charge is 2.35. The van der Waals surface area contributed by atoms with Crippen molar-refractivity contribution in [2.24, 2.45) is 0 Å². The van der Waals surface area contributed by atoms with Gasteiger partial charge in [-0.2, -0.15) is 0 Å². The van der Waals surface area contributed by atoms with E-state index < -0.39 is 0 Å². The number of nitrogens with zero attached hydrogens (tertiary/aromatic N) is 1. The monoisotopic (exact) mass is 404 g/mol. The Hall–Kier alpha value is -2.64. The Morgan fingerprint density at radius 2 is 1.96 bits per heavy atom. The van der Waals surface area contributed by atoms with E-state index in [9.17, 15) is 9.59 Å². The van der Waals surface area contributed by atoms with Gasteiger partial charge in [0.2, 0.25) is 0 Å². The zero-order valence-electron chi connectivity index (χ0n) is 14.7. The summed E-state index contributed by atoms with van der Waals surface area (Å²) in [5, 5.41) is 3.25. The normalized spacial score (nSPS) is 15.4. The van der Waals surface area contributed by atoms with Gasteiger partial charge in [-0.3, -0.25) is 14.5 Å². The van der Waals surface area contributed by atoms with Crippen molar-refractivity contribution >= 4 is 46.3 Å². The molecular weight excluding hydrogens is 388 g/mol. The van der Waals surface area contributed by atoms with Gasteiger partial charge in [-0.1, -0.05) is 17.7 Å². The quantitative estimate of drug-likeness (QED) is 0.717. The fraction of sp³-hybridized carbons (Fsp3) is 0.158. The largest absolute Gasteiger partial charge is 0.497 e. The van der Waals surface area contributed by atoms with E-state index in [0.717, 1.165) is 22.3 Å². The molecule has 0 aromatic heterocycles. The molecule has 0 radical (unpaired) electrons. The third-order valence-electron chi connectivity index (χ3n) is 3.86. The average molecular weight is 405 g/mol. The van der Waals surface area contributed by atoms with E-state index in [1.54, 1.807) is 56.7 Å². The summed E-state index contributed by atoms with van der Waals surface area (Å²) in [5.41, 5.74) is 1.38. The van der Waals surface area contributed by atoms with Gasteiger partial charge in [-0.05, 0) is 54.2 Å². The van der Waals surface area contributed by atoms with Crippen molar-refractivity contribution in [1.82, 2.24) is 4.90 Å². The van der Waals surface area contributed by atoms with Crippen LogP contribution in [0, 0.1) is 0 Å². The minimum Gasteiger partial charge on any atom is -0.497 e. The number of thioether (sulfide) groups is 1. The average Bonchev–Trinajstić information content (AvgIpc) is 2.93. The van der Waals surface area contributed by atoms with Gasteiger partial charge in [-0.15, -0.1) is 0 Å². The molecule has 0 bridgehead atoms. The fourth-order valence-electron chi connectivity index (χ4n) is 2.50. The van der Waals surface area contributed by atoms with Crippen LogP contribution in [-0.2, 0) is 4.79 Å². The van der Waals surface area contributed by atoms with Crippen LogP contribution in [0.5, 0.6) is 11.5 Å². The van der Waals surface area contributed by atoms with Crippen LogP contribution in [0.2, 0.25) is 5.02 Å². The molecule has 1 aliphatic rings. The van der Waals surface area contributed by atoms with Crippen LogP contribution in [0.4, 0.5) is 10.5 Å². The maximum atomic E-state index is 12.6. The summed E-state index contributed by atoms with van der Waals surface area (Å²) in [6.45, 7) is 0.0532. The number of rotatable bonds is 6. The Bertz CT molecular complexity index is 916. The van der Waals surface area contributed by atoms with Crippen molar-refractivity contribution < 1.29 is 19.1 Å². The molecular formula is C19H17ClN2O4S. The number of halogens is 1. The van der Waals surface area contributed by atoms with Gasteiger partial charge in [0.25, 0.3) is 11.1 Å². The molecule has 3 rings (SSSR count). The summed E-state index contributed by atoms with van der Waals surface area (Å²) in [5.74, 6) is 0.841. The predicted octanol–water partition coefficient (Wildman–Crippen LogP) is 4.46. The van der Waals surface area contributed by atoms with Crippen LogP contribution in [-0.4, -0.2) is 36.9 Å². The molecule has 2 aromatic carbocycles. The molecule has 140 valence electrons. The first-order chi connectivity index (χ1) is 13.0. The summed E-state index contributed by atoms with van der Waals surface area (Å²) in [6, 6.07) is 12.3. The first kappa shape index (κ1) is 19.1. The number of nitrogens with one attached hydrogen (secondary N) is 1. The smallest absolute Gasteiger partial charge is 0.295 e. The predicted molar refractivity (Wildman–Crippen MR) is 107 cm³/mol. The topological polar surface area (TPSA) is 67.9 Å². The zero-order valence-corrected chi connectivity index (χ0v) is 16.3. The van der Waals surface area contributed by atoms with Crippen LogP contribution >= 0.6 is 23.4 Å². The molecule has 0 atom stereocenters. The molecule has 6 nitrogen and oxygen atoms in total. The number of benzene rings is 2. The number of carbonyl (C=O) groups excluding carboxylic acids is 2. The minimum absolute atomic E-state index is 0.0532. The molecule has 1 N–H and O–H groups in total. The van der Waals surface area contributed by atoms with Crippen LogP contribution in [0.3, 0.4) is 0 Å². The van der Waals surface area contributed by atoms with E-state index in [1.807, 2.05) is 6.07 Å². The van der Waals surface area contributed by atoms with Gasteiger partial charge in [0.15, 0.2) is 0 Å². The van der Waals surface area contributed by atoms with Gasteiger partial charge in [0, 0.05) is 16.3 Å². The first-order valence-corrected chi connectivity index (χ1v) is 9.18. The van der Waals surface area contributed by atoms with Gasteiger partial charge in [-0.25, -0.2) is 0 Å². The summed E-state index contributed by atoms with van der Waals surface area (Å²) in [7, 11) is 3.10. The lowest BCUT2D eigenvalue weighted by atomic mass is 10.1. The van der Waals surface area contributed by atoms with E-state index in [4.69, 9.17) is 21.1 Å². The van der Waals surface area contributed by atoms with Gasteiger partial charge in [0.05, 0.1) is 25.8 Å². The van der Waals surface area contributed by atoms with Crippen molar-refractivity contribution in [3.05, 3.63) is 58.0 Å². The summed E-state index contributed by atoms with van der Waals surface area (Å²) < 4.78 is 10.5. The highest BCUT2D eigenvalue weighted by molar-refractivity contribution is 8.18. The first-order valence-electron chi connectivity index (χ1n) is 7.98. The number of methoxy groups -OCH3 is 2. The summed E-state index contributed by atoms with van der Waals surface area (Å²) >= 11 is 6.83. The number of hydrogen-bond donors (Lipinski definition) is 1. The number of imide groups is 1. The van der Waals surface area contributed by atoms with Crippen LogP contribution in [0.25, 0.3) is 6.08 Å². The number of hydrogen-bond acceptors (Lipinski definition) is 6. The van der Waals surface area contributed by atoms with Crippen molar-refractivity contribution in [3.8, 4) is 11.5 Å². The highest BCUT2D eigenvalue weighted by Crippen LogP contribution is 2.35. The van der Waals surface area contributed by atoms with Crippen molar-refractivity contribution in [1.29, 1.82) is 0 Å². The Labute approximate surface area is 166 Å². The van der Waals surface area contributed by atoms with E-state index in [0.29, 0.717) is 27.0 Å². The third-order valence-corrected chi connectivity index (χ3v) is 5.01. The highest BCUT2D eigenvalue weighted by atomic mass is 35.5. The molecule has 0 unspecified atom stereocenters. The molecule has 0 spiro atoms. The van der Waals surface area contributed by atoms with Crippen LogP contribution < -0.4 is 14.8 Å². The van der Waals surface area contributed by atoms with E-state index in [-0.39, 0.29) is 17.8 Å². The van der Waals surface area contributed by atoms with E-state index in [1.165, 1.54) is 0 Å². The minimum atomic E-state index is -0.371. The second-order valence-corrected chi connectivity index (χ2v) is 6.99. The molecule has 2 aromatic rings. The lowest BCUT2D eigenvalue weighted by Gasteiger charge is -2.14. The maximum absolute atomic E-state index is 12.6. The Kier molecular flexibility index (Phi) is 5.93. The SMILES string of the molecule is COc1ccc(OC)c(/C=C2/SC(=O)N(CNc3cccc(Cl)c3)C2=O)c1. The van der Waals surface area contributed by atoms with Crippen LogP contribution in [0.15, 0.2) is 47.4 Å². The number of amides is 2. The lowest BCUT2D eigenvalue weighted by Crippen LogP contribution is -2.33. The molecule has 1 heterocycles. The number of anilines is 1. The molecule has 0 saturated carbocycles. The van der Waals surface area contributed by atoms with E-state index in [2.05, 4.69) is 5.32 Å². The fourth-order valence-corrected chi connectivity index (χ4v) is 3.52. The van der Waals surface area contributed by atoms with Crippen molar-refractivity contribution in [2.45, 2.75) is 0 Å². The summed E-state index contributed by atoms with van der Waals surface area (Å²) in [6.07, 6.45) is 1.63. The number of carbonyl (C=O) groups is 2. The third kappa shape index (κ3) is 4.37.